The number of carbonyl (C=O) groups excluding carboxylic acids is 1. The molecule has 2 rings (SSSR count). The van der Waals surface area contributed by atoms with Gasteiger partial charge < -0.3 is 10.1 Å². The lowest BCUT2D eigenvalue weighted by molar-refractivity contribution is -0.392. The average Bonchev–Trinajstić information content (AvgIpc) is 2.60. The summed E-state index contributed by atoms with van der Waals surface area (Å²) in [5.74, 6) is -1.47. The lowest BCUT2D eigenvalue weighted by Gasteiger charge is -2.44. The van der Waals surface area contributed by atoms with Crippen LogP contribution in [0.15, 0.2) is 16.6 Å². The fourth-order valence-corrected chi connectivity index (χ4v) is 3.41. The van der Waals surface area contributed by atoms with Gasteiger partial charge in [0.2, 0.25) is 5.91 Å². The first kappa shape index (κ1) is 24.2. The number of ether oxygens (including phenoxy) is 1. The van der Waals surface area contributed by atoms with Gasteiger partial charge >= 0.3 is 12.4 Å². The zero-order valence-corrected chi connectivity index (χ0v) is 16.9. The lowest BCUT2D eigenvalue weighted by atomic mass is 10.00. The highest BCUT2D eigenvalue weighted by atomic mass is 79.9. The standard InChI is InChI=1S/C16H15BrClF7N2O2/c17-10-1-2-11(18)13(19)9(10)7-12(28)26-3-4-27-5-6-29-14(8-27,15(20,21)22)16(23,24)25/h1-2H,3-8H2,(H,26,28). The van der Waals surface area contributed by atoms with Crippen LogP contribution >= 0.6 is 27.5 Å². The van der Waals surface area contributed by atoms with Gasteiger partial charge in [0.1, 0.15) is 5.82 Å². The normalized spacial score (nSPS) is 18.0. The molecular formula is C16H15BrClF7N2O2. The number of carbonyl (C=O) groups is 1. The van der Waals surface area contributed by atoms with Crippen LogP contribution in [0.3, 0.4) is 0 Å². The molecule has 0 spiro atoms. The predicted molar refractivity (Wildman–Crippen MR) is 93.1 cm³/mol. The molecular weight excluding hydrogens is 501 g/mol. The monoisotopic (exact) mass is 514 g/mol. The maximum absolute atomic E-state index is 14.0. The molecule has 1 aromatic rings. The fraction of sp³-hybridized carbons (Fsp3) is 0.562. The van der Waals surface area contributed by atoms with Crippen LogP contribution in [0.5, 0.6) is 0 Å². The Morgan fingerprint density at radius 2 is 1.86 bits per heavy atom. The quantitative estimate of drug-likeness (QED) is 0.475. The van der Waals surface area contributed by atoms with E-state index in [1.807, 2.05) is 0 Å². The highest BCUT2D eigenvalue weighted by Crippen LogP contribution is 2.47. The van der Waals surface area contributed by atoms with Crippen molar-refractivity contribution < 1.29 is 40.3 Å². The minimum Gasteiger partial charge on any atom is -0.356 e. The number of morpholine rings is 1. The second kappa shape index (κ2) is 8.94. The summed E-state index contributed by atoms with van der Waals surface area (Å²) in [5, 5.41) is 2.15. The molecule has 164 valence electrons. The molecule has 1 amide bonds. The summed E-state index contributed by atoms with van der Waals surface area (Å²) in [6, 6.07) is 2.73. The fourth-order valence-electron chi connectivity index (χ4n) is 2.79. The topological polar surface area (TPSA) is 41.6 Å². The number of benzene rings is 1. The Labute approximate surface area is 174 Å². The summed E-state index contributed by atoms with van der Waals surface area (Å²) < 4.78 is 96.8. The minimum atomic E-state index is -5.65. The number of nitrogens with zero attached hydrogens (tertiary/aromatic N) is 1. The summed E-state index contributed by atoms with van der Waals surface area (Å²) in [5.41, 5.74) is -4.30. The number of hydrogen-bond acceptors (Lipinski definition) is 3. The van der Waals surface area contributed by atoms with E-state index in [1.54, 1.807) is 0 Å². The van der Waals surface area contributed by atoms with Crippen molar-refractivity contribution in [2.45, 2.75) is 24.4 Å². The van der Waals surface area contributed by atoms with Crippen molar-refractivity contribution in [3.63, 3.8) is 0 Å². The zero-order chi connectivity index (χ0) is 22.0. The van der Waals surface area contributed by atoms with Crippen LogP contribution in [-0.2, 0) is 16.0 Å². The minimum absolute atomic E-state index is 0.0190. The van der Waals surface area contributed by atoms with Crippen molar-refractivity contribution in [3.8, 4) is 0 Å². The Kier molecular flexibility index (Phi) is 7.45. The van der Waals surface area contributed by atoms with Crippen molar-refractivity contribution in [1.29, 1.82) is 0 Å². The Morgan fingerprint density at radius 3 is 2.45 bits per heavy atom. The summed E-state index contributed by atoms with van der Waals surface area (Å²) >= 11 is 8.72. The number of nitrogens with one attached hydrogen (secondary N) is 1. The van der Waals surface area contributed by atoms with E-state index in [9.17, 15) is 35.5 Å². The van der Waals surface area contributed by atoms with Crippen LogP contribution in [0.2, 0.25) is 5.02 Å². The number of alkyl halides is 6. The Bertz CT molecular complexity index is 744. The van der Waals surface area contributed by atoms with Gasteiger partial charge in [-0.15, -0.1) is 0 Å². The Hall–Kier alpha value is -1.11. The third-order valence-corrected chi connectivity index (χ3v) is 5.38. The van der Waals surface area contributed by atoms with Gasteiger partial charge in [-0.25, -0.2) is 4.39 Å². The van der Waals surface area contributed by atoms with E-state index >= 15 is 0 Å². The van der Waals surface area contributed by atoms with Gasteiger partial charge in [0, 0.05) is 36.2 Å². The molecule has 4 nitrogen and oxygen atoms in total. The molecule has 0 radical (unpaired) electrons. The van der Waals surface area contributed by atoms with Crippen LogP contribution in [0, 0.1) is 5.82 Å². The summed E-state index contributed by atoms with van der Waals surface area (Å²) in [7, 11) is 0. The maximum Gasteiger partial charge on any atom is 0.427 e. The van der Waals surface area contributed by atoms with Crippen LogP contribution < -0.4 is 5.32 Å². The molecule has 0 atom stereocenters. The van der Waals surface area contributed by atoms with Crippen LogP contribution in [0.4, 0.5) is 30.7 Å². The van der Waals surface area contributed by atoms with Crippen molar-refractivity contribution in [3.05, 3.63) is 33.0 Å². The van der Waals surface area contributed by atoms with E-state index < -0.39 is 49.3 Å². The first-order valence-corrected chi connectivity index (χ1v) is 9.34. The smallest absolute Gasteiger partial charge is 0.356 e. The molecule has 1 N–H and O–H groups in total. The summed E-state index contributed by atoms with van der Waals surface area (Å²) in [4.78, 5) is 12.9. The first-order valence-electron chi connectivity index (χ1n) is 8.17. The van der Waals surface area contributed by atoms with Crippen LogP contribution in [-0.4, -0.2) is 61.5 Å². The van der Waals surface area contributed by atoms with Crippen LogP contribution in [0.1, 0.15) is 5.56 Å². The van der Waals surface area contributed by atoms with Gasteiger partial charge in [-0.2, -0.15) is 26.3 Å². The molecule has 1 saturated heterocycles. The van der Waals surface area contributed by atoms with E-state index in [2.05, 4.69) is 26.0 Å². The molecule has 0 aromatic heterocycles. The molecule has 29 heavy (non-hydrogen) atoms. The molecule has 0 bridgehead atoms. The molecule has 1 aliphatic rings. The van der Waals surface area contributed by atoms with Crippen molar-refractivity contribution in [2.75, 3.05) is 32.8 Å². The van der Waals surface area contributed by atoms with Crippen molar-refractivity contribution in [1.82, 2.24) is 10.2 Å². The number of hydrogen-bond donors (Lipinski definition) is 1. The highest BCUT2D eigenvalue weighted by molar-refractivity contribution is 9.10. The van der Waals surface area contributed by atoms with Gasteiger partial charge in [-0.3, -0.25) is 9.69 Å². The molecule has 1 fully saturated rings. The van der Waals surface area contributed by atoms with Gasteiger partial charge in [-0.1, -0.05) is 27.5 Å². The van der Waals surface area contributed by atoms with Gasteiger partial charge in [-0.05, 0) is 12.1 Å². The van der Waals surface area contributed by atoms with Gasteiger partial charge in [0.25, 0.3) is 5.60 Å². The van der Waals surface area contributed by atoms with E-state index in [0.29, 0.717) is 4.47 Å². The number of amides is 1. The van der Waals surface area contributed by atoms with Crippen molar-refractivity contribution >= 4 is 33.4 Å². The molecule has 1 aliphatic heterocycles. The molecule has 0 unspecified atom stereocenters. The van der Waals surface area contributed by atoms with Crippen LogP contribution in [0.25, 0.3) is 0 Å². The SMILES string of the molecule is O=C(Cc1c(Br)ccc(Cl)c1F)NCCN1CCOC(C(F)(F)F)(C(F)(F)F)C1. The van der Waals surface area contributed by atoms with Gasteiger partial charge in [0.15, 0.2) is 0 Å². The molecule has 13 heteroatoms. The summed E-state index contributed by atoms with van der Waals surface area (Å²) in [6.07, 6.45) is -11.7. The molecule has 1 aromatic carbocycles. The highest BCUT2D eigenvalue weighted by Gasteiger charge is 2.73. The van der Waals surface area contributed by atoms with E-state index in [0.717, 1.165) is 4.90 Å². The van der Waals surface area contributed by atoms with E-state index in [1.165, 1.54) is 12.1 Å². The average molecular weight is 516 g/mol. The maximum atomic E-state index is 14.0. The largest absolute Gasteiger partial charge is 0.427 e. The number of halogens is 9. The molecule has 0 aliphatic carbocycles. The molecule has 0 saturated carbocycles. The second-order valence-corrected chi connectivity index (χ2v) is 7.56. The predicted octanol–water partition coefficient (Wildman–Crippen LogP) is 4.10. The first-order chi connectivity index (χ1) is 13.3. The second-order valence-electron chi connectivity index (χ2n) is 6.30. The van der Waals surface area contributed by atoms with Gasteiger partial charge in [0.05, 0.1) is 18.1 Å². The molecule has 1 heterocycles. The lowest BCUT2D eigenvalue weighted by Crippen LogP contribution is -2.68. The zero-order valence-electron chi connectivity index (χ0n) is 14.6. The summed E-state index contributed by atoms with van der Waals surface area (Å²) in [6.45, 7) is -2.89. The van der Waals surface area contributed by atoms with Crippen molar-refractivity contribution in [2.24, 2.45) is 0 Å². The van der Waals surface area contributed by atoms with E-state index in [-0.39, 0.29) is 30.2 Å². The Morgan fingerprint density at radius 1 is 1.24 bits per heavy atom. The third-order valence-electron chi connectivity index (χ3n) is 4.34. The third kappa shape index (κ3) is 5.33. The number of rotatable bonds is 5. The van der Waals surface area contributed by atoms with E-state index in [4.69, 9.17) is 11.6 Å². The Balaban J connectivity index is 1.95.